The summed E-state index contributed by atoms with van der Waals surface area (Å²) in [5.41, 5.74) is 7.55. The first-order chi connectivity index (χ1) is 8.58. The van der Waals surface area contributed by atoms with Gasteiger partial charge in [0.25, 0.3) is 0 Å². The van der Waals surface area contributed by atoms with Gasteiger partial charge in [-0.3, -0.25) is 0 Å². The monoisotopic (exact) mass is 310 g/mol. The molecule has 1 unspecified atom stereocenters. The molecule has 1 heterocycles. The van der Waals surface area contributed by atoms with Crippen molar-refractivity contribution in [3.63, 3.8) is 0 Å². The van der Waals surface area contributed by atoms with Gasteiger partial charge in [0.05, 0.1) is 0 Å². The molecule has 1 atom stereocenters. The molecule has 1 aromatic heterocycles. The summed E-state index contributed by atoms with van der Waals surface area (Å²) in [6.45, 7) is 5.11. The molecule has 0 fully saturated rings. The molecule has 0 bridgehead atoms. The Hall–Kier alpha value is -0.870. The standard InChI is InChI=1S/C14H19BrN2O/c1-9(2)5-10(8-16)6-14-17-12-7-11(15)3-4-13(12)18-14/h3-4,7,9-10H,5-6,8,16H2,1-2H3. The largest absolute Gasteiger partial charge is 0.441 e. The molecule has 0 aliphatic heterocycles. The van der Waals surface area contributed by atoms with Crippen LogP contribution in [0.4, 0.5) is 0 Å². The van der Waals surface area contributed by atoms with E-state index in [4.69, 9.17) is 10.2 Å². The first-order valence-electron chi connectivity index (χ1n) is 6.33. The Kier molecular flexibility index (Phi) is 4.40. The third-order valence-electron chi connectivity index (χ3n) is 3.00. The van der Waals surface area contributed by atoms with Crippen LogP contribution in [0.3, 0.4) is 0 Å². The summed E-state index contributed by atoms with van der Waals surface area (Å²) in [7, 11) is 0. The third-order valence-corrected chi connectivity index (χ3v) is 3.49. The van der Waals surface area contributed by atoms with Crippen LogP contribution in [-0.4, -0.2) is 11.5 Å². The van der Waals surface area contributed by atoms with Crippen LogP contribution in [-0.2, 0) is 6.42 Å². The second-order valence-corrected chi connectivity index (χ2v) is 6.07. The highest BCUT2D eigenvalue weighted by atomic mass is 79.9. The van der Waals surface area contributed by atoms with E-state index < -0.39 is 0 Å². The maximum Gasteiger partial charge on any atom is 0.195 e. The predicted octanol–water partition coefficient (Wildman–Crippen LogP) is 3.75. The first kappa shape index (κ1) is 13.6. The lowest BCUT2D eigenvalue weighted by Gasteiger charge is -2.14. The molecule has 0 saturated heterocycles. The van der Waals surface area contributed by atoms with Crippen LogP contribution >= 0.6 is 15.9 Å². The molecule has 0 radical (unpaired) electrons. The molecule has 4 heteroatoms. The lowest BCUT2D eigenvalue weighted by atomic mass is 9.94. The molecule has 0 aliphatic rings. The van der Waals surface area contributed by atoms with Crippen LogP contribution in [0.2, 0.25) is 0 Å². The number of nitrogens with two attached hydrogens (primary N) is 1. The number of hydrogen-bond donors (Lipinski definition) is 1. The van der Waals surface area contributed by atoms with Crippen LogP contribution < -0.4 is 5.73 Å². The first-order valence-corrected chi connectivity index (χ1v) is 7.12. The molecule has 2 aromatic rings. The van der Waals surface area contributed by atoms with Gasteiger partial charge in [-0.05, 0) is 43.0 Å². The molecule has 0 amide bonds. The Morgan fingerprint density at radius 1 is 1.39 bits per heavy atom. The van der Waals surface area contributed by atoms with Crippen LogP contribution in [0.15, 0.2) is 27.1 Å². The van der Waals surface area contributed by atoms with Crippen molar-refractivity contribution in [1.29, 1.82) is 0 Å². The van der Waals surface area contributed by atoms with Crippen molar-refractivity contribution >= 4 is 27.0 Å². The summed E-state index contributed by atoms with van der Waals surface area (Å²) < 4.78 is 6.77. The predicted molar refractivity (Wildman–Crippen MR) is 77.4 cm³/mol. The van der Waals surface area contributed by atoms with E-state index in [0.29, 0.717) is 18.4 Å². The maximum atomic E-state index is 5.81. The van der Waals surface area contributed by atoms with Crippen molar-refractivity contribution in [2.24, 2.45) is 17.6 Å². The number of hydrogen-bond acceptors (Lipinski definition) is 3. The topological polar surface area (TPSA) is 52.0 Å². The van der Waals surface area contributed by atoms with E-state index in [1.807, 2.05) is 18.2 Å². The molecule has 3 nitrogen and oxygen atoms in total. The van der Waals surface area contributed by atoms with Gasteiger partial charge in [-0.15, -0.1) is 0 Å². The van der Waals surface area contributed by atoms with Crippen molar-refractivity contribution in [3.8, 4) is 0 Å². The summed E-state index contributed by atoms with van der Waals surface area (Å²) in [4.78, 5) is 4.52. The summed E-state index contributed by atoms with van der Waals surface area (Å²) in [6, 6.07) is 5.88. The maximum absolute atomic E-state index is 5.81. The Morgan fingerprint density at radius 3 is 2.83 bits per heavy atom. The van der Waals surface area contributed by atoms with Gasteiger partial charge in [0.15, 0.2) is 11.5 Å². The van der Waals surface area contributed by atoms with Crippen molar-refractivity contribution < 1.29 is 4.42 Å². The second kappa shape index (κ2) is 5.85. The van der Waals surface area contributed by atoms with Crippen molar-refractivity contribution in [3.05, 3.63) is 28.6 Å². The highest BCUT2D eigenvalue weighted by Gasteiger charge is 2.14. The van der Waals surface area contributed by atoms with Crippen LogP contribution in [0, 0.1) is 11.8 Å². The lowest BCUT2D eigenvalue weighted by molar-refractivity contribution is 0.380. The molecule has 98 valence electrons. The van der Waals surface area contributed by atoms with Gasteiger partial charge in [0.2, 0.25) is 0 Å². The molecule has 0 saturated carbocycles. The Labute approximate surface area is 116 Å². The van der Waals surface area contributed by atoms with E-state index in [0.717, 1.165) is 34.3 Å². The molecular formula is C14H19BrN2O. The molecule has 0 aliphatic carbocycles. The third kappa shape index (κ3) is 3.33. The van der Waals surface area contributed by atoms with Crippen molar-refractivity contribution in [2.45, 2.75) is 26.7 Å². The zero-order chi connectivity index (χ0) is 13.1. The van der Waals surface area contributed by atoms with E-state index in [-0.39, 0.29) is 0 Å². The molecule has 1 aromatic carbocycles. The zero-order valence-corrected chi connectivity index (χ0v) is 12.4. The van der Waals surface area contributed by atoms with E-state index >= 15 is 0 Å². The van der Waals surface area contributed by atoms with E-state index in [9.17, 15) is 0 Å². The van der Waals surface area contributed by atoms with Gasteiger partial charge in [0.1, 0.15) is 5.52 Å². The van der Waals surface area contributed by atoms with Gasteiger partial charge < -0.3 is 10.2 Å². The minimum atomic E-state index is 0.446. The van der Waals surface area contributed by atoms with Crippen LogP contribution in [0.25, 0.3) is 11.1 Å². The van der Waals surface area contributed by atoms with Crippen LogP contribution in [0.5, 0.6) is 0 Å². The normalized spacial score (nSPS) is 13.4. The molecule has 0 spiro atoms. The Balaban J connectivity index is 2.15. The SMILES string of the molecule is CC(C)CC(CN)Cc1nc2cc(Br)ccc2o1. The van der Waals surface area contributed by atoms with Crippen LogP contribution in [0.1, 0.15) is 26.2 Å². The number of aromatic nitrogens is 1. The van der Waals surface area contributed by atoms with E-state index in [1.54, 1.807) is 0 Å². The Morgan fingerprint density at radius 2 is 2.17 bits per heavy atom. The van der Waals surface area contributed by atoms with Crippen molar-refractivity contribution in [2.75, 3.05) is 6.54 Å². The number of oxazole rings is 1. The fourth-order valence-corrected chi connectivity index (χ4v) is 2.56. The molecular weight excluding hydrogens is 292 g/mol. The van der Waals surface area contributed by atoms with Gasteiger partial charge in [-0.25, -0.2) is 4.98 Å². The van der Waals surface area contributed by atoms with Gasteiger partial charge in [0, 0.05) is 10.9 Å². The zero-order valence-electron chi connectivity index (χ0n) is 10.8. The van der Waals surface area contributed by atoms with Gasteiger partial charge >= 0.3 is 0 Å². The summed E-state index contributed by atoms with van der Waals surface area (Å²) >= 11 is 3.44. The number of rotatable bonds is 5. The van der Waals surface area contributed by atoms with Gasteiger partial charge in [-0.1, -0.05) is 29.8 Å². The summed E-state index contributed by atoms with van der Waals surface area (Å²) in [6.07, 6.45) is 1.93. The number of benzene rings is 1. The number of halogens is 1. The fraction of sp³-hybridized carbons (Fsp3) is 0.500. The minimum absolute atomic E-state index is 0.446. The highest BCUT2D eigenvalue weighted by Crippen LogP contribution is 2.23. The second-order valence-electron chi connectivity index (χ2n) is 5.16. The summed E-state index contributed by atoms with van der Waals surface area (Å²) in [5.74, 6) is 1.89. The lowest BCUT2D eigenvalue weighted by Crippen LogP contribution is -2.18. The molecule has 18 heavy (non-hydrogen) atoms. The minimum Gasteiger partial charge on any atom is -0.441 e. The molecule has 2 N–H and O–H groups in total. The fourth-order valence-electron chi connectivity index (χ4n) is 2.21. The smallest absolute Gasteiger partial charge is 0.195 e. The van der Waals surface area contributed by atoms with E-state index in [1.165, 1.54) is 0 Å². The number of nitrogens with zero attached hydrogens (tertiary/aromatic N) is 1. The quantitative estimate of drug-likeness (QED) is 0.915. The molecule has 2 rings (SSSR count). The highest BCUT2D eigenvalue weighted by molar-refractivity contribution is 9.10. The Bertz CT molecular complexity index is 521. The van der Waals surface area contributed by atoms with Crippen molar-refractivity contribution in [1.82, 2.24) is 4.98 Å². The van der Waals surface area contributed by atoms with E-state index in [2.05, 4.69) is 34.8 Å². The van der Waals surface area contributed by atoms with Gasteiger partial charge in [-0.2, -0.15) is 0 Å². The number of fused-ring (bicyclic) bond motifs is 1. The summed E-state index contributed by atoms with van der Waals surface area (Å²) in [5, 5.41) is 0. The average Bonchev–Trinajstić information content (AvgIpc) is 2.68. The average molecular weight is 311 g/mol.